The summed E-state index contributed by atoms with van der Waals surface area (Å²) in [6.07, 6.45) is 1.66. The number of hydrogen-bond donors (Lipinski definition) is 1. The molecule has 5 heteroatoms. The second-order valence-corrected chi connectivity index (χ2v) is 6.16. The van der Waals surface area contributed by atoms with E-state index in [9.17, 15) is 4.79 Å². The van der Waals surface area contributed by atoms with E-state index >= 15 is 0 Å². The second kappa shape index (κ2) is 6.44. The van der Waals surface area contributed by atoms with Gasteiger partial charge in [0, 0.05) is 17.4 Å². The standard InChI is InChI=1S/C21H18N4O/c1-14-7-6-12-22-20(14)24-21(26)16-10-11-19-18(13-16)23-15(2)25(19)17-8-4-3-5-9-17/h3-13H,1-2H3,(H,22,24,26). The van der Waals surface area contributed by atoms with Crippen LogP contribution < -0.4 is 5.32 Å². The van der Waals surface area contributed by atoms with Gasteiger partial charge in [-0.1, -0.05) is 24.3 Å². The van der Waals surface area contributed by atoms with Crippen molar-refractivity contribution < 1.29 is 4.79 Å². The van der Waals surface area contributed by atoms with E-state index in [1.165, 1.54) is 0 Å². The fraction of sp³-hybridized carbons (Fsp3) is 0.0952. The normalized spacial score (nSPS) is 10.8. The predicted octanol–water partition coefficient (Wildman–Crippen LogP) is 4.29. The van der Waals surface area contributed by atoms with E-state index in [4.69, 9.17) is 0 Å². The van der Waals surface area contributed by atoms with Crippen LogP contribution in [0.3, 0.4) is 0 Å². The molecule has 0 unspecified atom stereocenters. The number of rotatable bonds is 3. The molecule has 0 aliphatic carbocycles. The molecular formula is C21H18N4O. The van der Waals surface area contributed by atoms with Crippen molar-refractivity contribution in [2.45, 2.75) is 13.8 Å². The number of carbonyl (C=O) groups is 1. The predicted molar refractivity (Wildman–Crippen MR) is 103 cm³/mol. The van der Waals surface area contributed by atoms with Crippen molar-refractivity contribution in [2.75, 3.05) is 5.32 Å². The van der Waals surface area contributed by atoms with E-state index in [0.29, 0.717) is 11.4 Å². The lowest BCUT2D eigenvalue weighted by Gasteiger charge is -2.08. The Hall–Kier alpha value is -3.47. The molecule has 2 heterocycles. The van der Waals surface area contributed by atoms with E-state index in [1.54, 1.807) is 6.20 Å². The number of amides is 1. The Morgan fingerprint density at radius 1 is 1.00 bits per heavy atom. The highest BCUT2D eigenvalue weighted by atomic mass is 16.1. The molecular weight excluding hydrogens is 324 g/mol. The largest absolute Gasteiger partial charge is 0.306 e. The maximum absolute atomic E-state index is 12.6. The number of imidazole rings is 1. The summed E-state index contributed by atoms with van der Waals surface area (Å²) in [4.78, 5) is 21.4. The van der Waals surface area contributed by atoms with Crippen molar-refractivity contribution in [1.29, 1.82) is 0 Å². The zero-order valence-corrected chi connectivity index (χ0v) is 14.6. The molecule has 2 aromatic heterocycles. The van der Waals surface area contributed by atoms with Gasteiger partial charge in [-0.25, -0.2) is 9.97 Å². The van der Waals surface area contributed by atoms with Crippen LogP contribution in [0.25, 0.3) is 16.7 Å². The molecule has 128 valence electrons. The minimum Gasteiger partial charge on any atom is -0.306 e. The van der Waals surface area contributed by atoms with E-state index < -0.39 is 0 Å². The van der Waals surface area contributed by atoms with E-state index in [0.717, 1.165) is 28.1 Å². The molecule has 2 aromatic carbocycles. The first-order valence-corrected chi connectivity index (χ1v) is 8.41. The number of nitrogens with zero attached hydrogens (tertiary/aromatic N) is 3. The molecule has 1 amide bonds. The molecule has 0 saturated heterocycles. The van der Waals surface area contributed by atoms with Gasteiger partial charge in [0.05, 0.1) is 11.0 Å². The number of hydrogen-bond acceptors (Lipinski definition) is 3. The molecule has 0 aliphatic heterocycles. The van der Waals surface area contributed by atoms with Gasteiger partial charge in [0.15, 0.2) is 0 Å². The first-order chi connectivity index (χ1) is 12.6. The Morgan fingerprint density at radius 2 is 1.81 bits per heavy atom. The quantitative estimate of drug-likeness (QED) is 0.604. The van der Waals surface area contributed by atoms with Crippen LogP contribution in [0.2, 0.25) is 0 Å². The van der Waals surface area contributed by atoms with Crippen LogP contribution in [0.1, 0.15) is 21.7 Å². The SMILES string of the molecule is Cc1cccnc1NC(=O)c1ccc2c(c1)nc(C)n2-c1ccccc1. The molecule has 4 rings (SSSR count). The smallest absolute Gasteiger partial charge is 0.256 e. The topological polar surface area (TPSA) is 59.8 Å². The summed E-state index contributed by atoms with van der Waals surface area (Å²) >= 11 is 0. The van der Waals surface area contributed by atoms with Gasteiger partial charge in [-0.3, -0.25) is 9.36 Å². The van der Waals surface area contributed by atoms with Crippen molar-refractivity contribution in [3.8, 4) is 5.69 Å². The summed E-state index contributed by atoms with van der Waals surface area (Å²) in [7, 11) is 0. The molecule has 0 saturated carbocycles. The average Bonchev–Trinajstić information content (AvgIpc) is 2.99. The summed E-state index contributed by atoms with van der Waals surface area (Å²) in [5.41, 5.74) is 4.29. The fourth-order valence-corrected chi connectivity index (χ4v) is 3.04. The number of benzene rings is 2. The zero-order chi connectivity index (χ0) is 18.1. The summed E-state index contributed by atoms with van der Waals surface area (Å²) < 4.78 is 2.08. The van der Waals surface area contributed by atoms with Crippen LogP contribution in [0.15, 0.2) is 66.9 Å². The lowest BCUT2D eigenvalue weighted by atomic mass is 10.1. The van der Waals surface area contributed by atoms with Crippen LogP contribution in [0.4, 0.5) is 5.82 Å². The summed E-state index contributed by atoms with van der Waals surface area (Å²) in [5, 5.41) is 2.86. The Balaban J connectivity index is 1.71. The average molecular weight is 342 g/mol. The number of carbonyl (C=O) groups excluding carboxylic acids is 1. The number of pyridine rings is 1. The van der Waals surface area contributed by atoms with E-state index in [-0.39, 0.29) is 5.91 Å². The highest BCUT2D eigenvalue weighted by molar-refractivity contribution is 6.05. The van der Waals surface area contributed by atoms with Gasteiger partial charge in [-0.15, -0.1) is 0 Å². The van der Waals surface area contributed by atoms with Gasteiger partial charge < -0.3 is 5.32 Å². The van der Waals surface area contributed by atoms with Crippen molar-refractivity contribution >= 4 is 22.8 Å². The Morgan fingerprint density at radius 3 is 2.58 bits per heavy atom. The maximum atomic E-state index is 12.6. The molecule has 0 radical (unpaired) electrons. The molecule has 0 spiro atoms. The second-order valence-electron chi connectivity index (χ2n) is 6.16. The number of para-hydroxylation sites is 1. The molecule has 5 nitrogen and oxygen atoms in total. The third-order valence-electron chi connectivity index (χ3n) is 4.34. The van der Waals surface area contributed by atoms with Crippen molar-refractivity contribution in [2.24, 2.45) is 0 Å². The highest BCUT2D eigenvalue weighted by Crippen LogP contribution is 2.23. The molecule has 1 N–H and O–H groups in total. The van der Waals surface area contributed by atoms with Gasteiger partial charge >= 0.3 is 0 Å². The van der Waals surface area contributed by atoms with Crippen LogP contribution >= 0.6 is 0 Å². The molecule has 0 atom stereocenters. The third-order valence-corrected chi connectivity index (χ3v) is 4.34. The summed E-state index contributed by atoms with van der Waals surface area (Å²) in [5.74, 6) is 1.26. The lowest BCUT2D eigenvalue weighted by Crippen LogP contribution is -2.13. The number of nitrogens with one attached hydrogen (secondary N) is 1. The molecule has 0 bridgehead atoms. The molecule has 4 aromatic rings. The molecule has 0 fully saturated rings. The highest BCUT2D eigenvalue weighted by Gasteiger charge is 2.13. The minimum absolute atomic E-state index is 0.194. The van der Waals surface area contributed by atoms with Crippen molar-refractivity contribution in [1.82, 2.24) is 14.5 Å². The first-order valence-electron chi connectivity index (χ1n) is 8.41. The Kier molecular flexibility index (Phi) is 3.97. The number of aromatic nitrogens is 3. The zero-order valence-electron chi connectivity index (χ0n) is 14.6. The van der Waals surface area contributed by atoms with Crippen LogP contribution in [-0.4, -0.2) is 20.4 Å². The Bertz CT molecular complexity index is 1100. The van der Waals surface area contributed by atoms with Gasteiger partial charge in [-0.05, 0) is 55.8 Å². The van der Waals surface area contributed by atoms with E-state index in [1.807, 2.05) is 74.5 Å². The number of anilines is 1. The summed E-state index contributed by atoms with van der Waals surface area (Å²) in [6, 6.07) is 19.4. The van der Waals surface area contributed by atoms with Gasteiger partial charge in [0.25, 0.3) is 5.91 Å². The Labute approximate surface area is 151 Å². The summed E-state index contributed by atoms with van der Waals surface area (Å²) in [6.45, 7) is 3.88. The first kappa shape index (κ1) is 16.0. The molecule has 0 aliphatic rings. The van der Waals surface area contributed by atoms with Gasteiger partial charge in [-0.2, -0.15) is 0 Å². The number of aryl methyl sites for hydroxylation is 2. The van der Waals surface area contributed by atoms with Crippen LogP contribution in [0.5, 0.6) is 0 Å². The lowest BCUT2D eigenvalue weighted by molar-refractivity contribution is 0.102. The van der Waals surface area contributed by atoms with Crippen LogP contribution in [-0.2, 0) is 0 Å². The number of fused-ring (bicyclic) bond motifs is 1. The van der Waals surface area contributed by atoms with Crippen molar-refractivity contribution in [3.63, 3.8) is 0 Å². The van der Waals surface area contributed by atoms with Crippen LogP contribution in [0, 0.1) is 13.8 Å². The minimum atomic E-state index is -0.194. The monoisotopic (exact) mass is 342 g/mol. The third kappa shape index (κ3) is 2.84. The van der Waals surface area contributed by atoms with Crippen molar-refractivity contribution in [3.05, 3.63) is 83.8 Å². The van der Waals surface area contributed by atoms with Gasteiger partial charge in [0.2, 0.25) is 0 Å². The fourth-order valence-electron chi connectivity index (χ4n) is 3.04. The maximum Gasteiger partial charge on any atom is 0.256 e. The van der Waals surface area contributed by atoms with Gasteiger partial charge in [0.1, 0.15) is 11.6 Å². The molecule has 26 heavy (non-hydrogen) atoms. The van der Waals surface area contributed by atoms with E-state index in [2.05, 4.69) is 19.9 Å².